The van der Waals surface area contributed by atoms with Crippen LogP contribution in [0.4, 0.5) is 0 Å². The van der Waals surface area contributed by atoms with E-state index in [2.05, 4.69) is 5.32 Å². The summed E-state index contributed by atoms with van der Waals surface area (Å²) in [6.07, 6.45) is 1.91. The Morgan fingerprint density at radius 1 is 1.00 bits per heavy atom. The summed E-state index contributed by atoms with van der Waals surface area (Å²) in [5.74, 6) is -0.127. The fraction of sp³-hybridized carbons (Fsp3) is 0.333. The molecule has 0 atom stereocenters. The predicted molar refractivity (Wildman–Crippen MR) is 106 cm³/mol. The fourth-order valence-corrected chi connectivity index (χ4v) is 4.22. The number of carbonyl (C=O) groups excluding carboxylic acids is 2. The number of nitrogens with zero attached hydrogens (tertiary/aromatic N) is 1. The summed E-state index contributed by atoms with van der Waals surface area (Å²) < 4.78 is 23.1. The summed E-state index contributed by atoms with van der Waals surface area (Å²) in [4.78, 5) is 27.0. The monoisotopic (exact) mass is 400 g/mol. The van der Waals surface area contributed by atoms with Crippen molar-refractivity contribution < 1.29 is 18.0 Å². The molecule has 1 N–H and O–H groups in total. The number of likely N-dealkylation sites (tertiary alicyclic amines) is 1. The quantitative estimate of drug-likeness (QED) is 0.796. The van der Waals surface area contributed by atoms with Crippen molar-refractivity contribution in [3.63, 3.8) is 0 Å². The Labute approximate surface area is 165 Å². The van der Waals surface area contributed by atoms with E-state index in [0.29, 0.717) is 19.5 Å². The van der Waals surface area contributed by atoms with Crippen molar-refractivity contribution in [1.82, 2.24) is 10.2 Å². The molecule has 0 aromatic heterocycles. The average molecular weight is 401 g/mol. The van der Waals surface area contributed by atoms with Gasteiger partial charge in [0.05, 0.1) is 16.7 Å². The Hall–Kier alpha value is -2.67. The summed E-state index contributed by atoms with van der Waals surface area (Å²) in [5, 5.41) is 2.72. The SMILES string of the molecule is CNC(=O)C1(Cc2ccccc2)CN(C(=O)Cc2ccc(S(C)(=O)=O)cc2)C1. The van der Waals surface area contributed by atoms with Crippen LogP contribution in [0.3, 0.4) is 0 Å². The molecule has 0 radical (unpaired) electrons. The van der Waals surface area contributed by atoms with E-state index >= 15 is 0 Å². The van der Waals surface area contributed by atoms with Crippen molar-refractivity contribution in [2.45, 2.75) is 17.7 Å². The van der Waals surface area contributed by atoms with E-state index in [0.717, 1.165) is 17.4 Å². The van der Waals surface area contributed by atoms with Crippen LogP contribution in [0.1, 0.15) is 11.1 Å². The van der Waals surface area contributed by atoms with Crippen LogP contribution in [-0.4, -0.2) is 51.5 Å². The highest BCUT2D eigenvalue weighted by Gasteiger charge is 2.50. The van der Waals surface area contributed by atoms with Crippen LogP contribution in [0.25, 0.3) is 0 Å². The van der Waals surface area contributed by atoms with Crippen LogP contribution in [-0.2, 0) is 32.3 Å². The predicted octanol–water partition coefficient (Wildman–Crippen LogP) is 1.45. The maximum absolute atomic E-state index is 12.6. The van der Waals surface area contributed by atoms with E-state index in [4.69, 9.17) is 0 Å². The summed E-state index contributed by atoms with van der Waals surface area (Å²) in [5.41, 5.74) is 1.21. The Morgan fingerprint density at radius 3 is 2.14 bits per heavy atom. The summed E-state index contributed by atoms with van der Waals surface area (Å²) in [7, 11) is -1.64. The zero-order chi connectivity index (χ0) is 20.4. The van der Waals surface area contributed by atoms with Gasteiger partial charge in [-0.05, 0) is 29.7 Å². The highest BCUT2D eigenvalue weighted by molar-refractivity contribution is 7.90. The molecule has 1 aliphatic heterocycles. The van der Waals surface area contributed by atoms with E-state index in [1.54, 1.807) is 24.1 Å². The van der Waals surface area contributed by atoms with Gasteiger partial charge in [-0.2, -0.15) is 0 Å². The van der Waals surface area contributed by atoms with Crippen LogP contribution >= 0.6 is 0 Å². The van der Waals surface area contributed by atoms with Crippen molar-refractivity contribution in [3.05, 3.63) is 65.7 Å². The number of benzene rings is 2. The van der Waals surface area contributed by atoms with Crippen LogP contribution < -0.4 is 5.32 Å². The minimum Gasteiger partial charge on any atom is -0.359 e. The molecule has 0 aliphatic carbocycles. The lowest BCUT2D eigenvalue weighted by atomic mass is 9.73. The molecule has 0 spiro atoms. The van der Waals surface area contributed by atoms with E-state index in [1.807, 2.05) is 30.3 Å². The van der Waals surface area contributed by atoms with Gasteiger partial charge >= 0.3 is 0 Å². The molecule has 6 nitrogen and oxygen atoms in total. The average Bonchev–Trinajstić information content (AvgIpc) is 2.64. The molecule has 7 heteroatoms. The Balaban J connectivity index is 1.65. The second kappa shape index (κ2) is 7.75. The summed E-state index contributed by atoms with van der Waals surface area (Å²) in [6.45, 7) is 0.754. The number of carbonyl (C=O) groups is 2. The minimum atomic E-state index is -3.26. The third-order valence-electron chi connectivity index (χ3n) is 5.14. The van der Waals surface area contributed by atoms with E-state index in [-0.39, 0.29) is 23.1 Å². The van der Waals surface area contributed by atoms with Crippen molar-refractivity contribution in [1.29, 1.82) is 0 Å². The third kappa shape index (κ3) is 4.25. The molecule has 1 aliphatic rings. The first-order chi connectivity index (χ1) is 13.2. The molecule has 2 amide bonds. The van der Waals surface area contributed by atoms with Gasteiger partial charge in [-0.1, -0.05) is 42.5 Å². The number of sulfone groups is 1. The second-order valence-electron chi connectivity index (χ2n) is 7.36. The molecule has 1 fully saturated rings. The van der Waals surface area contributed by atoms with E-state index in [1.165, 1.54) is 12.1 Å². The Bertz CT molecular complexity index is 963. The third-order valence-corrected chi connectivity index (χ3v) is 6.27. The van der Waals surface area contributed by atoms with Gasteiger partial charge in [-0.25, -0.2) is 8.42 Å². The molecule has 2 aromatic rings. The van der Waals surface area contributed by atoms with Gasteiger partial charge in [0.2, 0.25) is 11.8 Å². The van der Waals surface area contributed by atoms with E-state index in [9.17, 15) is 18.0 Å². The van der Waals surface area contributed by atoms with Crippen LogP contribution in [0, 0.1) is 5.41 Å². The maximum atomic E-state index is 12.6. The van der Waals surface area contributed by atoms with Crippen LogP contribution in [0.15, 0.2) is 59.5 Å². The van der Waals surface area contributed by atoms with Gasteiger partial charge in [0, 0.05) is 26.4 Å². The molecule has 0 saturated carbocycles. The number of hydrogen-bond donors (Lipinski definition) is 1. The van der Waals surface area contributed by atoms with Crippen molar-refractivity contribution in [2.24, 2.45) is 5.41 Å². The molecule has 0 unspecified atom stereocenters. The molecule has 1 saturated heterocycles. The van der Waals surface area contributed by atoms with Gasteiger partial charge in [-0.15, -0.1) is 0 Å². The highest BCUT2D eigenvalue weighted by Crippen LogP contribution is 2.35. The lowest BCUT2D eigenvalue weighted by Crippen LogP contribution is -2.65. The van der Waals surface area contributed by atoms with E-state index < -0.39 is 15.3 Å². The minimum absolute atomic E-state index is 0.0575. The first-order valence-corrected chi connectivity index (χ1v) is 11.0. The molecule has 148 valence electrons. The summed E-state index contributed by atoms with van der Waals surface area (Å²) >= 11 is 0. The van der Waals surface area contributed by atoms with Gasteiger partial charge in [0.25, 0.3) is 0 Å². The Morgan fingerprint density at radius 2 is 1.61 bits per heavy atom. The topological polar surface area (TPSA) is 83.6 Å². The molecule has 3 rings (SSSR count). The van der Waals surface area contributed by atoms with Gasteiger partial charge in [0.1, 0.15) is 0 Å². The molecule has 0 bridgehead atoms. The number of amides is 2. The zero-order valence-electron chi connectivity index (χ0n) is 16.0. The second-order valence-corrected chi connectivity index (χ2v) is 9.38. The van der Waals surface area contributed by atoms with Crippen molar-refractivity contribution >= 4 is 21.7 Å². The maximum Gasteiger partial charge on any atom is 0.229 e. The van der Waals surface area contributed by atoms with Crippen molar-refractivity contribution in [3.8, 4) is 0 Å². The Kier molecular flexibility index (Phi) is 5.56. The first kappa shape index (κ1) is 20.1. The molecular weight excluding hydrogens is 376 g/mol. The lowest BCUT2D eigenvalue weighted by molar-refractivity contribution is -0.152. The van der Waals surface area contributed by atoms with Crippen molar-refractivity contribution in [2.75, 3.05) is 26.4 Å². The summed E-state index contributed by atoms with van der Waals surface area (Å²) in [6, 6.07) is 16.1. The number of rotatable bonds is 6. The largest absolute Gasteiger partial charge is 0.359 e. The smallest absolute Gasteiger partial charge is 0.229 e. The van der Waals surface area contributed by atoms with Gasteiger partial charge < -0.3 is 10.2 Å². The molecular formula is C21H24N2O4S. The fourth-order valence-electron chi connectivity index (χ4n) is 3.59. The highest BCUT2D eigenvalue weighted by atomic mass is 32.2. The number of hydrogen-bond acceptors (Lipinski definition) is 4. The first-order valence-electron chi connectivity index (χ1n) is 9.06. The standard InChI is InChI=1S/C21H24N2O4S/c1-22-20(25)21(13-17-6-4-3-5-7-17)14-23(15-21)19(24)12-16-8-10-18(11-9-16)28(2,26)27/h3-11H,12-15H2,1-2H3,(H,22,25). The lowest BCUT2D eigenvalue weighted by Gasteiger charge is -2.49. The zero-order valence-corrected chi connectivity index (χ0v) is 16.8. The molecule has 2 aromatic carbocycles. The van der Waals surface area contributed by atoms with Gasteiger partial charge in [0.15, 0.2) is 9.84 Å². The molecule has 28 heavy (non-hydrogen) atoms. The number of nitrogens with one attached hydrogen (secondary N) is 1. The van der Waals surface area contributed by atoms with Crippen LogP contribution in [0.2, 0.25) is 0 Å². The van der Waals surface area contributed by atoms with Gasteiger partial charge in [-0.3, -0.25) is 9.59 Å². The molecule has 1 heterocycles. The van der Waals surface area contributed by atoms with Crippen LogP contribution in [0.5, 0.6) is 0 Å². The normalized spacial score (nSPS) is 15.6.